The Morgan fingerprint density at radius 1 is 1.17 bits per heavy atom. The Morgan fingerprint density at radius 2 is 1.78 bits per heavy atom. The van der Waals surface area contributed by atoms with Gasteiger partial charge >= 0.3 is 6.18 Å². The maximum atomic E-state index is 12.4. The van der Waals surface area contributed by atoms with Gasteiger partial charge in [0.25, 0.3) is 0 Å². The summed E-state index contributed by atoms with van der Waals surface area (Å²) in [4.78, 5) is 0. The molecule has 0 spiro atoms. The Labute approximate surface area is 113 Å². The predicted molar refractivity (Wildman–Crippen MR) is 56.6 cm³/mol. The third-order valence-corrected chi connectivity index (χ3v) is 2.55. The van der Waals surface area contributed by atoms with Crippen LogP contribution in [0, 0.1) is 0 Å². The first-order valence-corrected chi connectivity index (χ1v) is 5.25. The fraction of sp³-hybridized carbons (Fsp3) is 0.250. The third-order valence-electron chi connectivity index (χ3n) is 2.55. The number of aryl methyl sites for hydroxylation is 1. The molecular formula is C12H12BrF3N2. The molecule has 0 aliphatic rings. The molecular weight excluding hydrogens is 309 g/mol. The van der Waals surface area contributed by atoms with Crippen LogP contribution in [0.1, 0.15) is 12.5 Å². The number of halogens is 4. The lowest BCUT2D eigenvalue weighted by molar-refractivity contribution is -0.692. The van der Waals surface area contributed by atoms with Crippen molar-refractivity contribution >= 4 is 0 Å². The first-order chi connectivity index (χ1) is 8.00. The molecule has 2 nitrogen and oxygen atoms in total. The van der Waals surface area contributed by atoms with Gasteiger partial charge in [-0.2, -0.15) is 13.2 Å². The van der Waals surface area contributed by atoms with Gasteiger partial charge in [-0.05, 0) is 31.2 Å². The quantitative estimate of drug-likeness (QED) is 0.678. The Morgan fingerprint density at radius 3 is 2.22 bits per heavy atom. The molecule has 2 rings (SSSR count). The van der Waals surface area contributed by atoms with Crippen LogP contribution in [0.25, 0.3) is 5.69 Å². The SMILES string of the molecule is CC[n+]1ccn(-c2ccc(C(F)(F)F)cc2)c1.[Br-]. The monoisotopic (exact) mass is 320 g/mol. The topological polar surface area (TPSA) is 8.81 Å². The molecule has 0 saturated carbocycles. The minimum absolute atomic E-state index is 0. The average molecular weight is 321 g/mol. The Hall–Kier alpha value is -1.30. The molecule has 2 aromatic rings. The molecule has 0 N–H and O–H groups in total. The van der Waals surface area contributed by atoms with E-state index in [1.807, 2.05) is 30.2 Å². The number of hydrogen-bond donors (Lipinski definition) is 0. The number of imidazole rings is 1. The van der Waals surface area contributed by atoms with Crippen molar-refractivity contribution in [1.82, 2.24) is 4.57 Å². The Kier molecular flexibility index (Phi) is 4.56. The van der Waals surface area contributed by atoms with Gasteiger partial charge in [0, 0.05) is 0 Å². The lowest BCUT2D eigenvalue weighted by Gasteiger charge is -2.05. The maximum Gasteiger partial charge on any atom is 0.416 e. The van der Waals surface area contributed by atoms with Crippen LogP contribution in [0.5, 0.6) is 0 Å². The number of nitrogens with zero attached hydrogens (tertiary/aromatic N) is 2. The highest BCUT2D eigenvalue weighted by Gasteiger charge is 2.30. The van der Waals surface area contributed by atoms with E-state index in [4.69, 9.17) is 0 Å². The standard InChI is InChI=1S/C12H12F3N2.BrH/c1-2-16-7-8-17(9-16)11-5-3-10(4-6-11)12(13,14)15;/h3-9H,2H2,1H3;1H/q+1;/p-1. The molecule has 0 aliphatic heterocycles. The zero-order chi connectivity index (χ0) is 12.5. The van der Waals surface area contributed by atoms with Gasteiger partial charge in [0.2, 0.25) is 6.33 Å². The van der Waals surface area contributed by atoms with Crippen LogP contribution in [0.4, 0.5) is 13.2 Å². The predicted octanol–water partition coefficient (Wildman–Crippen LogP) is -0.193. The molecule has 0 aliphatic carbocycles. The molecule has 0 saturated heterocycles. The zero-order valence-corrected chi connectivity index (χ0v) is 11.2. The summed E-state index contributed by atoms with van der Waals surface area (Å²) in [5.74, 6) is 0. The van der Waals surface area contributed by atoms with E-state index in [-0.39, 0.29) is 17.0 Å². The second-order valence-corrected chi connectivity index (χ2v) is 3.70. The minimum Gasteiger partial charge on any atom is -1.00 e. The van der Waals surface area contributed by atoms with Gasteiger partial charge < -0.3 is 17.0 Å². The summed E-state index contributed by atoms with van der Waals surface area (Å²) in [5.41, 5.74) is 0.0852. The van der Waals surface area contributed by atoms with E-state index >= 15 is 0 Å². The summed E-state index contributed by atoms with van der Waals surface area (Å²) in [5, 5.41) is 0. The highest BCUT2D eigenvalue weighted by atomic mass is 79.9. The van der Waals surface area contributed by atoms with Gasteiger partial charge in [-0.15, -0.1) is 0 Å². The fourth-order valence-electron chi connectivity index (χ4n) is 1.56. The second-order valence-electron chi connectivity index (χ2n) is 3.70. The van der Waals surface area contributed by atoms with Gasteiger partial charge in [-0.25, -0.2) is 9.13 Å². The Balaban J connectivity index is 0.00000162. The van der Waals surface area contributed by atoms with Crippen LogP contribution in [0.3, 0.4) is 0 Å². The molecule has 0 radical (unpaired) electrons. The number of alkyl halides is 3. The van der Waals surface area contributed by atoms with E-state index in [1.54, 1.807) is 4.57 Å². The summed E-state index contributed by atoms with van der Waals surface area (Å²) in [6.07, 6.45) is 1.24. The largest absolute Gasteiger partial charge is 1.00 e. The first-order valence-electron chi connectivity index (χ1n) is 5.25. The lowest BCUT2D eigenvalue weighted by atomic mass is 10.2. The van der Waals surface area contributed by atoms with E-state index in [1.165, 1.54) is 12.1 Å². The molecule has 1 aromatic heterocycles. The molecule has 0 bridgehead atoms. The molecule has 0 fully saturated rings. The van der Waals surface area contributed by atoms with Crippen molar-refractivity contribution in [3.8, 4) is 5.69 Å². The van der Waals surface area contributed by atoms with Crippen LogP contribution >= 0.6 is 0 Å². The summed E-state index contributed by atoms with van der Waals surface area (Å²) >= 11 is 0. The molecule has 6 heteroatoms. The summed E-state index contributed by atoms with van der Waals surface area (Å²) in [6.45, 7) is 2.82. The van der Waals surface area contributed by atoms with Gasteiger partial charge in [0.05, 0.1) is 12.1 Å². The summed E-state index contributed by atoms with van der Waals surface area (Å²) in [7, 11) is 0. The van der Waals surface area contributed by atoms with Crippen LogP contribution < -0.4 is 21.5 Å². The van der Waals surface area contributed by atoms with Crippen molar-refractivity contribution in [2.24, 2.45) is 0 Å². The molecule has 1 heterocycles. The first kappa shape index (κ1) is 14.8. The van der Waals surface area contributed by atoms with Crippen LogP contribution in [-0.2, 0) is 12.7 Å². The van der Waals surface area contributed by atoms with E-state index in [2.05, 4.69) is 0 Å². The fourth-order valence-corrected chi connectivity index (χ4v) is 1.56. The Bertz CT molecular complexity index is 503. The molecule has 0 amide bonds. The molecule has 98 valence electrons. The number of rotatable bonds is 2. The second kappa shape index (κ2) is 5.56. The van der Waals surface area contributed by atoms with Gasteiger partial charge in [0.15, 0.2) is 0 Å². The smallest absolute Gasteiger partial charge is 0.416 e. The van der Waals surface area contributed by atoms with Crippen molar-refractivity contribution in [2.75, 3.05) is 0 Å². The van der Waals surface area contributed by atoms with Gasteiger partial charge in [-0.1, -0.05) is 0 Å². The lowest BCUT2D eigenvalue weighted by Crippen LogP contribution is -3.00. The van der Waals surface area contributed by atoms with Crippen LogP contribution in [-0.4, -0.2) is 4.57 Å². The minimum atomic E-state index is -4.28. The molecule has 18 heavy (non-hydrogen) atoms. The molecule has 1 aromatic carbocycles. The number of aromatic nitrogens is 2. The van der Waals surface area contributed by atoms with Gasteiger partial charge in [0.1, 0.15) is 18.1 Å². The molecule has 0 unspecified atom stereocenters. The summed E-state index contributed by atoms with van der Waals surface area (Å²) < 4.78 is 40.8. The highest BCUT2D eigenvalue weighted by Crippen LogP contribution is 2.29. The van der Waals surface area contributed by atoms with Crippen LogP contribution in [0.15, 0.2) is 43.0 Å². The average Bonchev–Trinajstić information content (AvgIpc) is 2.76. The molecule has 0 atom stereocenters. The van der Waals surface area contributed by atoms with E-state index in [0.29, 0.717) is 5.69 Å². The zero-order valence-electron chi connectivity index (χ0n) is 9.65. The number of hydrogen-bond acceptors (Lipinski definition) is 0. The van der Waals surface area contributed by atoms with E-state index in [9.17, 15) is 13.2 Å². The highest BCUT2D eigenvalue weighted by molar-refractivity contribution is 5.35. The van der Waals surface area contributed by atoms with E-state index in [0.717, 1.165) is 18.7 Å². The van der Waals surface area contributed by atoms with Crippen molar-refractivity contribution in [2.45, 2.75) is 19.6 Å². The van der Waals surface area contributed by atoms with Crippen molar-refractivity contribution in [3.63, 3.8) is 0 Å². The maximum absolute atomic E-state index is 12.4. The van der Waals surface area contributed by atoms with Crippen LogP contribution in [0.2, 0.25) is 0 Å². The van der Waals surface area contributed by atoms with E-state index < -0.39 is 11.7 Å². The van der Waals surface area contributed by atoms with Crippen molar-refractivity contribution < 1.29 is 34.7 Å². The van der Waals surface area contributed by atoms with Crippen molar-refractivity contribution in [1.29, 1.82) is 0 Å². The summed E-state index contributed by atoms with van der Waals surface area (Å²) in [6, 6.07) is 5.10. The number of benzene rings is 1. The van der Waals surface area contributed by atoms with Crippen molar-refractivity contribution in [3.05, 3.63) is 48.5 Å². The third kappa shape index (κ3) is 3.13. The van der Waals surface area contributed by atoms with Gasteiger partial charge in [-0.3, -0.25) is 0 Å². The normalized spacial score (nSPS) is 11.1.